The van der Waals surface area contributed by atoms with Crippen LogP contribution in [0, 0.1) is 5.82 Å². The van der Waals surface area contributed by atoms with Crippen molar-refractivity contribution in [1.82, 2.24) is 10.2 Å². The summed E-state index contributed by atoms with van der Waals surface area (Å²) in [6.07, 6.45) is -0.879. The van der Waals surface area contributed by atoms with Crippen molar-refractivity contribution in [3.05, 3.63) is 53.3 Å². The molecule has 0 aliphatic rings. The average molecular weight is 547 g/mol. The molecule has 0 heterocycles. The first kappa shape index (κ1) is 26.8. The predicted molar refractivity (Wildman–Crippen MR) is 130 cm³/mol. The summed E-state index contributed by atoms with van der Waals surface area (Å²) in [5, 5.41) is 13.9. The predicted octanol–water partition coefficient (Wildman–Crippen LogP) is 3.60. The lowest BCUT2D eigenvalue weighted by molar-refractivity contribution is 0.181. The molecule has 1 atom stereocenters. The average Bonchev–Trinajstić information content (AvgIpc) is 2.75. The van der Waals surface area contributed by atoms with Crippen LogP contribution < -0.4 is 19.5 Å². The Labute approximate surface area is 200 Å². The van der Waals surface area contributed by atoms with E-state index in [1.807, 2.05) is 18.9 Å². The fourth-order valence-corrected chi connectivity index (χ4v) is 3.00. The molecule has 0 fully saturated rings. The normalized spacial score (nSPS) is 11.9. The molecule has 9 heteroatoms. The second kappa shape index (κ2) is 13.2. The smallest absolute Gasteiger partial charge is 0.194 e. The molecule has 1 unspecified atom stereocenters. The molecule has 0 spiro atoms. The van der Waals surface area contributed by atoms with Crippen LogP contribution in [0.25, 0.3) is 0 Å². The second-order valence-electron chi connectivity index (χ2n) is 6.64. The maximum Gasteiger partial charge on any atom is 0.194 e. The van der Waals surface area contributed by atoms with E-state index in [1.165, 1.54) is 13.2 Å². The highest BCUT2D eigenvalue weighted by Gasteiger charge is 2.16. The maximum atomic E-state index is 14.0. The first-order valence-electron chi connectivity index (χ1n) is 9.65. The highest BCUT2D eigenvalue weighted by molar-refractivity contribution is 14.0. The highest BCUT2D eigenvalue weighted by Crippen LogP contribution is 2.29. The lowest BCUT2D eigenvalue weighted by atomic mass is 10.1. The number of hydrogen-bond donors (Lipinski definition) is 2. The van der Waals surface area contributed by atoms with Gasteiger partial charge in [0, 0.05) is 25.7 Å². The molecule has 7 nitrogen and oxygen atoms in total. The number of rotatable bonds is 9. The summed E-state index contributed by atoms with van der Waals surface area (Å²) in [6, 6.07) is 10.1. The van der Waals surface area contributed by atoms with Crippen molar-refractivity contribution in [2.45, 2.75) is 19.6 Å². The molecular formula is C22H31FIN3O4. The van der Waals surface area contributed by atoms with Gasteiger partial charge in [0.25, 0.3) is 0 Å². The minimum absolute atomic E-state index is 0. The summed E-state index contributed by atoms with van der Waals surface area (Å²) in [5.74, 6) is 1.57. The van der Waals surface area contributed by atoms with Crippen LogP contribution in [0.15, 0.2) is 41.4 Å². The Hall–Kier alpha value is -2.27. The van der Waals surface area contributed by atoms with E-state index in [2.05, 4.69) is 10.3 Å². The molecule has 0 aromatic heterocycles. The van der Waals surface area contributed by atoms with Gasteiger partial charge >= 0.3 is 0 Å². The topological polar surface area (TPSA) is 75.6 Å². The third kappa shape index (κ3) is 7.42. The van der Waals surface area contributed by atoms with Gasteiger partial charge in [0.1, 0.15) is 17.6 Å². The van der Waals surface area contributed by atoms with Gasteiger partial charge in [-0.3, -0.25) is 4.99 Å². The second-order valence-corrected chi connectivity index (χ2v) is 6.64. The van der Waals surface area contributed by atoms with Crippen LogP contribution in [0.2, 0.25) is 0 Å². The van der Waals surface area contributed by atoms with Crippen LogP contribution in [-0.4, -0.2) is 57.4 Å². The lowest BCUT2D eigenvalue weighted by Gasteiger charge is -2.23. The number of nitrogens with zero attached hydrogens (tertiary/aromatic N) is 2. The standard InChI is InChI=1S/C22H30FN3O4.HI/c1-6-24-22(26(2)14-15-7-9-21(30-5)18(23)11-15)25-13-19(27)17-12-16(28-3)8-10-20(17)29-4;/h7-12,19,27H,6,13-14H2,1-5H3,(H,24,25);1H. The van der Waals surface area contributed by atoms with E-state index in [-0.39, 0.29) is 36.3 Å². The van der Waals surface area contributed by atoms with Gasteiger partial charge in [-0.25, -0.2) is 4.39 Å². The number of aliphatic hydroxyl groups is 1. The summed E-state index contributed by atoms with van der Waals surface area (Å²) < 4.78 is 29.5. The molecule has 0 radical (unpaired) electrons. The minimum Gasteiger partial charge on any atom is -0.497 e. The maximum absolute atomic E-state index is 14.0. The zero-order valence-corrected chi connectivity index (χ0v) is 20.8. The molecule has 0 aliphatic heterocycles. The SMILES string of the molecule is CCNC(=NCC(O)c1cc(OC)ccc1OC)N(C)Cc1ccc(OC)c(F)c1.I. The number of halogens is 2. The van der Waals surface area contributed by atoms with Crippen LogP contribution in [-0.2, 0) is 6.54 Å². The molecule has 172 valence electrons. The van der Waals surface area contributed by atoms with Gasteiger partial charge in [0.2, 0.25) is 0 Å². The van der Waals surface area contributed by atoms with Crippen molar-refractivity contribution in [2.24, 2.45) is 4.99 Å². The van der Waals surface area contributed by atoms with Crippen molar-refractivity contribution < 1.29 is 23.7 Å². The number of aliphatic hydroxyl groups excluding tert-OH is 1. The van der Waals surface area contributed by atoms with E-state index in [9.17, 15) is 9.50 Å². The van der Waals surface area contributed by atoms with Crippen molar-refractivity contribution in [2.75, 3.05) is 41.5 Å². The minimum atomic E-state index is -0.879. The fourth-order valence-electron chi connectivity index (χ4n) is 3.00. The number of methoxy groups -OCH3 is 3. The summed E-state index contributed by atoms with van der Waals surface area (Å²) in [5.41, 5.74) is 1.37. The molecule has 2 aromatic rings. The van der Waals surface area contributed by atoms with E-state index < -0.39 is 11.9 Å². The van der Waals surface area contributed by atoms with E-state index in [0.29, 0.717) is 36.1 Å². The van der Waals surface area contributed by atoms with Gasteiger partial charge in [-0.1, -0.05) is 6.07 Å². The van der Waals surface area contributed by atoms with Crippen LogP contribution in [0.1, 0.15) is 24.2 Å². The van der Waals surface area contributed by atoms with Gasteiger partial charge in [-0.2, -0.15) is 0 Å². The molecule has 0 saturated carbocycles. The number of aliphatic imine (C=N–C) groups is 1. The van der Waals surface area contributed by atoms with Crippen LogP contribution in [0.5, 0.6) is 17.2 Å². The quantitative estimate of drug-likeness (QED) is 0.284. The number of benzene rings is 2. The van der Waals surface area contributed by atoms with Gasteiger partial charge in [-0.15, -0.1) is 24.0 Å². The van der Waals surface area contributed by atoms with Crippen LogP contribution in [0.4, 0.5) is 4.39 Å². The van der Waals surface area contributed by atoms with E-state index in [4.69, 9.17) is 14.2 Å². The van der Waals surface area contributed by atoms with Gasteiger partial charge in [0.05, 0.1) is 27.9 Å². The Morgan fingerprint density at radius 1 is 1.10 bits per heavy atom. The monoisotopic (exact) mass is 547 g/mol. The molecule has 2 N–H and O–H groups in total. The first-order valence-corrected chi connectivity index (χ1v) is 9.65. The van der Waals surface area contributed by atoms with Crippen LogP contribution >= 0.6 is 24.0 Å². The van der Waals surface area contributed by atoms with E-state index >= 15 is 0 Å². The van der Waals surface area contributed by atoms with Crippen molar-refractivity contribution in [1.29, 1.82) is 0 Å². The number of guanidine groups is 1. The van der Waals surface area contributed by atoms with E-state index in [1.54, 1.807) is 44.6 Å². The highest BCUT2D eigenvalue weighted by atomic mass is 127. The van der Waals surface area contributed by atoms with Crippen molar-refractivity contribution >= 4 is 29.9 Å². The van der Waals surface area contributed by atoms with Crippen molar-refractivity contribution in [3.63, 3.8) is 0 Å². The zero-order valence-electron chi connectivity index (χ0n) is 18.5. The molecule has 2 aromatic carbocycles. The Balaban J connectivity index is 0.00000480. The Kier molecular flexibility index (Phi) is 11.4. The summed E-state index contributed by atoms with van der Waals surface area (Å²) in [6.45, 7) is 3.16. The lowest BCUT2D eigenvalue weighted by Crippen LogP contribution is -2.38. The fraction of sp³-hybridized carbons (Fsp3) is 0.409. The first-order chi connectivity index (χ1) is 14.4. The van der Waals surface area contributed by atoms with E-state index in [0.717, 1.165) is 5.56 Å². The Morgan fingerprint density at radius 3 is 2.35 bits per heavy atom. The number of nitrogens with one attached hydrogen (secondary N) is 1. The zero-order chi connectivity index (χ0) is 22.1. The van der Waals surface area contributed by atoms with Gasteiger partial charge < -0.3 is 29.5 Å². The molecule has 31 heavy (non-hydrogen) atoms. The molecular weight excluding hydrogens is 516 g/mol. The molecule has 0 amide bonds. The summed E-state index contributed by atoms with van der Waals surface area (Å²) in [4.78, 5) is 6.40. The Morgan fingerprint density at radius 2 is 1.77 bits per heavy atom. The molecule has 0 aliphatic carbocycles. The number of ether oxygens (including phenoxy) is 3. The molecule has 0 saturated heterocycles. The van der Waals surface area contributed by atoms with Crippen molar-refractivity contribution in [3.8, 4) is 17.2 Å². The summed E-state index contributed by atoms with van der Waals surface area (Å²) in [7, 11) is 6.40. The molecule has 0 bridgehead atoms. The third-order valence-corrected chi connectivity index (χ3v) is 4.54. The Bertz CT molecular complexity index is 867. The third-order valence-electron chi connectivity index (χ3n) is 4.54. The largest absolute Gasteiger partial charge is 0.497 e. The van der Waals surface area contributed by atoms with Gasteiger partial charge in [-0.05, 0) is 42.8 Å². The van der Waals surface area contributed by atoms with Crippen LogP contribution in [0.3, 0.4) is 0 Å². The van der Waals surface area contributed by atoms with Gasteiger partial charge in [0.15, 0.2) is 17.5 Å². The number of hydrogen-bond acceptors (Lipinski definition) is 5. The molecule has 2 rings (SSSR count). The summed E-state index contributed by atoms with van der Waals surface area (Å²) >= 11 is 0.